The summed E-state index contributed by atoms with van der Waals surface area (Å²) in [6.07, 6.45) is 6.13. The van der Waals surface area contributed by atoms with Crippen molar-refractivity contribution >= 4 is 40.2 Å². The quantitative estimate of drug-likeness (QED) is 0.448. The number of piperazine rings is 1. The third-order valence-corrected chi connectivity index (χ3v) is 7.23. The van der Waals surface area contributed by atoms with E-state index >= 15 is 0 Å². The molecule has 11 heteroatoms. The van der Waals surface area contributed by atoms with Gasteiger partial charge in [0.1, 0.15) is 11.6 Å². The molecule has 2 aliphatic rings. The summed E-state index contributed by atoms with van der Waals surface area (Å²) in [6, 6.07) is 4.08. The topological polar surface area (TPSA) is 120 Å². The Morgan fingerprint density at radius 1 is 1.28 bits per heavy atom. The molecule has 0 spiro atoms. The molecular weight excluding hydrogens is 496 g/mol. The predicted molar refractivity (Wildman–Crippen MR) is 151 cm³/mol. The highest BCUT2D eigenvalue weighted by Gasteiger charge is 2.32. The first-order valence-electron chi connectivity index (χ1n) is 13.1. The number of amides is 2. The normalized spacial score (nSPS) is 16.8. The van der Waals surface area contributed by atoms with Gasteiger partial charge in [0.25, 0.3) is 0 Å². The second kappa shape index (κ2) is 10.8. The van der Waals surface area contributed by atoms with Gasteiger partial charge in [0, 0.05) is 70.1 Å². The summed E-state index contributed by atoms with van der Waals surface area (Å²) < 4.78 is 6.47. The van der Waals surface area contributed by atoms with E-state index in [0.29, 0.717) is 50.8 Å². The Morgan fingerprint density at radius 3 is 2.85 bits per heavy atom. The van der Waals surface area contributed by atoms with Gasteiger partial charge in [0.15, 0.2) is 0 Å². The van der Waals surface area contributed by atoms with E-state index in [1.54, 1.807) is 23.9 Å². The Bertz CT molecular complexity index is 1460. The van der Waals surface area contributed by atoms with E-state index in [4.69, 9.17) is 14.7 Å². The third-order valence-electron chi connectivity index (χ3n) is 7.23. The first kappa shape index (κ1) is 26.2. The van der Waals surface area contributed by atoms with Crippen LogP contribution in [0, 0.1) is 6.92 Å². The van der Waals surface area contributed by atoms with Crippen LogP contribution in [0.4, 0.5) is 11.8 Å². The number of allylic oxidation sites excluding steroid dienone is 1. The Kier molecular flexibility index (Phi) is 7.23. The van der Waals surface area contributed by atoms with E-state index in [2.05, 4.69) is 40.0 Å². The molecule has 0 saturated carbocycles. The molecule has 11 nitrogen and oxygen atoms in total. The van der Waals surface area contributed by atoms with Crippen LogP contribution in [0.2, 0.25) is 0 Å². The Hall–Kier alpha value is -4.41. The van der Waals surface area contributed by atoms with Crippen LogP contribution >= 0.6 is 0 Å². The smallest absolute Gasteiger partial charge is 0.246 e. The monoisotopic (exact) mass is 530 g/mol. The summed E-state index contributed by atoms with van der Waals surface area (Å²) in [4.78, 5) is 39.5. The summed E-state index contributed by atoms with van der Waals surface area (Å²) in [6.45, 7) is 9.89. The lowest BCUT2D eigenvalue weighted by Gasteiger charge is -2.41. The van der Waals surface area contributed by atoms with Crippen LogP contribution in [0.15, 0.2) is 37.1 Å². The van der Waals surface area contributed by atoms with Crippen LogP contribution in [0.1, 0.15) is 30.0 Å². The van der Waals surface area contributed by atoms with Crippen molar-refractivity contribution in [2.75, 3.05) is 50.5 Å². The molecule has 2 aromatic heterocycles. The number of rotatable bonds is 7. The van der Waals surface area contributed by atoms with Crippen LogP contribution in [0.25, 0.3) is 16.7 Å². The molecule has 1 saturated heterocycles. The molecule has 2 amide bonds. The number of hydrogen-bond donors (Lipinski definition) is 2. The van der Waals surface area contributed by atoms with Crippen molar-refractivity contribution in [3.63, 3.8) is 0 Å². The molecular formula is C28H34N8O3. The van der Waals surface area contributed by atoms with E-state index in [-0.39, 0.29) is 17.9 Å². The van der Waals surface area contributed by atoms with Crippen molar-refractivity contribution < 1.29 is 14.3 Å². The number of hydrogen-bond acceptors (Lipinski definition) is 8. The number of H-pyrrole nitrogens is 1. The van der Waals surface area contributed by atoms with Crippen molar-refractivity contribution in [2.24, 2.45) is 0 Å². The van der Waals surface area contributed by atoms with Crippen molar-refractivity contribution in [1.29, 1.82) is 0 Å². The van der Waals surface area contributed by atoms with E-state index in [1.807, 2.05) is 25.3 Å². The van der Waals surface area contributed by atoms with Gasteiger partial charge in [-0.05, 0) is 37.6 Å². The van der Waals surface area contributed by atoms with Crippen LogP contribution in [0.5, 0.6) is 5.88 Å². The van der Waals surface area contributed by atoms with Gasteiger partial charge in [-0.15, -0.1) is 0 Å². The number of anilines is 2. The number of fused-ring (bicyclic) bond motifs is 2. The average Bonchev–Trinajstić information content (AvgIpc) is 3.40. The van der Waals surface area contributed by atoms with Crippen LogP contribution in [-0.2, 0) is 16.0 Å². The molecule has 0 bridgehead atoms. The number of nitrogens with zero attached hydrogens (tertiary/aromatic N) is 6. The summed E-state index contributed by atoms with van der Waals surface area (Å²) in [5.74, 6) is 2.32. The fraction of sp³-hybridized carbons (Fsp3) is 0.393. The van der Waals surface area contributed by atoms with E-state index in [1.165, 1.54) is 6.08 Å². The lowest BCUT2D eigenvalue weighted by molar-refractivity contribution is -0.128. The van der Waals surface area contributed by atoms with Crippen LogP contribution < -0.4 is 15.0 Å². The zero-order valence-electron chi connectivity index (χ0n) is 22.8. The third kappa shape index (κ3) is 5.16. The number of aromatic nitrogens is 4. The number of carbonyl (C=O) groups is 2. The van der Waals surface area contributed by atoms with Crippen LogP contribution in [-0.4, -0.2) is 88.1 Å². The summed E-state index contributed by atoms with van der Waals surface area (Å²) in [5, 5.41) is 11.4. The first-order chi connectivity index (χ1) is 18.8. The summed E-state index contributed by atoms with van der Waals surface area (Å²) in [5.41, 5.74) is 3.87. The van der Waals surface area contributed by atoms with E-state index in [9.17, 15) is 9.59 Å². The Balaban J connectivity index is 1.48. The standard InChI is InChI=1S/C28H34N8O3/c1-6-23(37)35-13-14-36(18(3)16-35)26-19-8-10-22(25-17(2)7-9-21-20(25)15-30-33-21)39-27(19)32-28(31-26)29-12-11-24(38)34(4)5/h6-7,9-10,15,18H,1,8,11-14,16H2,2-5H3,(H,30,33)(H,29,31,32)/t18-/m0/s1. The lowest BCUT2D eigenvalue weighted by Crippen LogP contribution is -2.54. The van der Waals surface area contributed by atoms with Gasteiger partial charge < -0.3 is 24.8 Å². The second-order valence-corrected chi connectivity index (χ2v) is 10.1. The van der Waals surface area contributed by atoms with Crippen molar-refractivity contribution in [3.8, 4) is 5.88 Å². The highest BCUT2D eigenvalue weighted by atomic mass is 16.5. The molecule has 1 atom stereocenters. The minimum absolute atomic E-state index is 0.0162. The highest BCUT2D eigenvalue weighted by molar-refractivity contribution is 5.92. The van der Waals surface area contributed by atoms with Crippen LogP contribution in [0.3, 0.4) is 0 Å². The first-order valence-corrected chi connectivity index (χ1v) is 13.1. The Morgan fingerprint density at radius 2 is 2.10 bits per heavy atom. The molecule has 2 aliphatic heterocycles. The fourth-order valence-corrected chi connectivity index (χ4v) is 5.09. The SMILES string of the molecule is C=CC(=O)N1CCN(c2nc(NCCC(=O)N(C)C)nc3c2CC=C(c2c(C)ccc4[nH]ncc24)O3)[C@@H](C)C1. The van der Waals surface area contributed by atoms with Gasteiger partial charge in [-0.3, -0.25) is 14.7 Å². The summed E-state index contributed by atoms with van der Waals surface area (Å²) >= 11 is 0. The molecule has 2 N–H and O–H groups in total. The van der Waals surface area contributed by atoms with Crippen molar-refractivity contribution in [1.82, 2.24) is 30.0 Å². The van der Waals surface area contributed by atoms with Gasteiger partial charge in [-0.1, -0.05) is 12.6 Å². The van der Waals surface area contributed by atoms with E-state index < -0.39 is 0 Å². The lowest BCUT2D eigenvalue weighted by atomic mass is 9.99. The van der Waals surface area contributed by atoms with Crippen molar-refractivity contribution in [2.45, 2.75) is 32.7 Å². The molecule has 0 unspecified atom stereocenters. The second-order valence-electron chi connectivity index (χ2n) is 10.1. The van der Waals surface area contributed by atoms with Gasteiger partial charge in [-0.25, -0.2) is 0 Å². The van der Waals surface area contributed by atoms with Gasteiger partial charge in [0.05, 0.1) is 17.3 Å². The molecule has 3 aromatic rings. The Labute approximate surface area is 227 Å². The van der Waals surface area contributed by atoms with Gasteiger partial charge in [-0.2, -0.15) is 15.1 Å². The number of aromatic amines is 1. The number of aryl methyl sites for hydroxylation is 1. The molecule has 1 aromatic carbocycles. The fourth-order valence-electron chi connectivity index (χ4n) is 5.09. The maximum absolute atomic E-state index is 12.2. The number of carbonyl (C=O) groups excluding carboxylic acids is 2. The highest BCUT2D eigenvalue weighted by Crippen LogP contribution is 2.38. The zero-order valence-corrected chi connectivity index (χ0v) is 22.8. The molecule has 1 fully saturated rings. The minimum atomic E-state index is -0.0705. The van der Waals surface area contributed by atoms with Crippen molar-refractivity contribution in [3.05, 3.63) is 53.8 Å². The average molecular weight is 531 g/mol. The van der Waals surface area contributed by atoms with E-state index in [0.717, 1.165) is 39.2 Å². The minimum Gasteiger partial charge on any atom is -0.438 e. The van der Waals surface area contributed by atoms with Gasteiger partial charge in [0.2, 0.25) is 23.6 Å². The molecule has 39 heavy (non-hydrogen) atoms. The molecule has 0 aliphatic carbocycles. The van der Waals surface area contributed by atoms with Gasteiger partial charge >= 0.3 is 0 Å². The number of ether oxygens (including phenoxy) is 1. The number of nitrogens with one attached hydrogen (secondary N) is 2. The number of benzene rings is 1. The molecule has 204 valence electrons. The maximum atomic E-state index is 12.2. The predicted octanol–water partition coefficient (Wildman–Crippen LogP) is 2.75. The summed E-state index contributed by atoms with van der Waals surface area (Å²) in [7, 11) is 3.47. The molecule has 0 radical (unpaired) electrons. The maximum Gasteiger partial charge on any atom is 0.246 e. The zero-order chi connectivity index (χ0) is 27.7. The molecule has 4 heterocycles. The molecule has 5 rings (SSSR count). The largest absolute Gasteiger partial charge is 0.438 e.